The lowest BCUT2D eigenvalue weighted by atomic mass is 9.69. The molecular weight excluding hydrogens is 296 g/mol. The number of aryl methyl sites for hydroxylation is 1. The van der Waals surface area contributed by atoms with E-state index < -0.39 is 5.60 Å². The van der Waals surface area contributed by atoms with Crippen LogP contribution in [0.3, 0.4) is 0 Å². The van der Waals surface area contributed by atoms with Gasteiger partial charge >= 0.3 is 5.97 Å². The summed E-state index contributed by atoms with van der Waals surface area (Å²) in [6.07, 6.45) is 2.11. The first-order valence-corrected chi connectivity index (χ1v) is 7.31. The van der Waals surface area contributed by atoms with E-state index in [0.29, 0.717) is 17.2 Å². The monoisotopic (exact) mass is 318 g/mol. The summed E-state index contributed by atoms with van der Waals surface area (Å²) in [6.45, 7) is 3.59. The molecule has 7 nitrogen and oxygen atoms in total. The number of aliphatic imine (C=N–C) groups is 1. The first-order valence-electron chi connectivity index (χ1n) is 7.31. The van der Waals surface area contributed by atoms with Crippen molar-refractivity contribution in [2.45, 2.75) is 32.3 Å². The maximum atomic E-state index is 11.5. The highest BCUT2D eigenvalue weighted by Gasteiger charge is 2.49. The molecule has 0 aromatic carbocycles. The largest absolute Gasteiger partial charge is 0.469 e. The van der Waals surface area contributed by atoms with E-state index in [2.05, 4.69) is 9.98 Å². The van der Waals surface area contributed by atoms with E-state index in [1.165, 1.54) is 13.2 Å². The molecule has 23 heavy (non-hydrogen) atoms. The highest BCUT2D eigenvalue weighted by Crippen LogP contribution is 2.45. The van der Waals surface area contributed by atoms with Gasteiger partial charge in [0.1, 0.15) is 11.4 Å². The molecule has 2 rings (SSSR count). The Morgan fingerprint density at radius 3 is 2.70 bits per heavy atom. The zero-order chi connectivity index (χ0) is 17.2. The first kappa shape index (κ1) is 17.0. The van der Waals surface area contributed by atoms with Crippen molar-refractivity contribution in [3.05, 3.63) is 35.2 Å². The number of rotatable bonds is 4. The SMILES string of the molecule is COC(=O)C1CC(O)(c2cc(C)cc(N=C(N)/C=C(/C)N)n2)C1. The fourth-order valence-electron chi connectivity index (χ4n) is 2.64. The number of aliphatic hydroxyl groups is 1. The predicted molar refractivity (Wildman–Crippen MR) is 86.8 cm³/mol. The second-order valence-electron chi connectivity index (χ2n) is 5.97. The quantitative estimate of drug-likeness (QED) is 0.432. The van der Waals surface area contributed by atoms with Gasteiger partial charge in [-0.25, -0.2) is 9.98 Å². The lowest BCUT2D eigenvalue weighted by Crippen LogP contribution is -2.45. The third-order valence-corrected chi connectivity index (χ3v) is 3.75. The number of pyridine rings is 1. The Hall–Kier alpha value is -2.41. The molecule has 0 saturated heterocycles. The van der Waals surface area contributed by atoms with Crippen LogP contribution in [0.5, 0.6) is 0 Å². The van der Waals surface area contributed by atoms with Crippen molar-refractivity contribution >= 4 is 17.6 Å². The summed E-state index contributed by atoms with van der Waals surface area (Å²) in [4.78, 5) is 20.0. The second kappa shape index (κ2) is 6.37. The Bertz CT molecular complexity index is 672. The van der Waals surface area contributed by atoms with Gasteiger partial charge in [0.25, 0.3) is 0 Å². The number of ether oxygens (including phenoxy) is 1. The van der Waals surface area contributed by atoms with E-state index in [9.17, 15) is 9.90 Å². The number of aromatic nitrogens is 1. The molecular formula is C16H22N4O3. The molecule has 1 heterocycles. The van der Waals surface area contributed by atoms with Crippen molar-refractivity contribution in [3.63, 3.8) is 0 Å². The van der Waals surface area contributed by atoms with E-state index >= 15 is 0 Å². The molecule has 1 aromatic rings. The summed E-state index contributed by atoms with van der Waals surface area (Å²) >= 11 is 0. The Morgan fingerprint density at radius 1 is 1.48 bits per heavy atom. The number of carbonyl (C=O) groups excluding carboxylic acids is 1. The number of allylic oxidation sites excluding steroid dienone is 1. The van der Waals surface area contributed by atoms with Crippen molar-refractivity contribution in [1.29, 1.82) is 0 Å². The third kappa shape index (κ3) is 3.87. The van der Waals surface area contributed by atoms with Crippen molar-refractivity contribution in [2.24, 2.45) is 22.4 Å². The fraction of sp³-hybridized carbons (Fsp3) is 0.438. The number of nitrogens with two attached hydrogens (primary N) is 2. The highest BCUT2D eigenvalue weighted by atomic mass is 16.5. The lowest BCUT2D eigenvalue weighted by molar-refractivity contribution is -0.163. The van der Waals surface area contributed by atoms with E-state index in [-0.39, 0.29) is 30.6 Å². The number of esters is 1. The third-order valence-electron chi connectivity index (χ3n) is 3.75. The number of hydrogen-bond donors (Lipinski definition) is 3. The number of methoxy groups -OCH3 is 1. The van der Waals surface area contributed by atoms with Gasteiger partial charge in [0.15, 0.2) is 5.82 Å². The molecule has 1 aliphatic rings. The lowest BCUT2D eigenvalue weighted by Gasteiger charge is -2.41. The Balaban J connectivity index is 2.25. The van der Waals surface area contributed by atoms with E-state index in [1.54, 1.807) is 19.1 Å². The van der Waals surface area contributed by atoms with Crippen LogP contribution in [-0.4, -0.2) is 29.0 Å². The van der Waals surface area contributed by atoms with Crippen LogP contribution in [0.4, 0.5) is 5.82 Å². The van der Waals surface area contributed by atoms with Gasteiger partial charge in [0.2, 0.25) is 0 Å². The van der Waals surface area contributed by atoms with Crippen LogP contribution < -0.4 is 11.5 Å². The Labute approximate surface area is 135 Å². The number of carbonyl (C=O) groups is 1. The molecule has 7 heteroatoms. The molecule has 124 valence electrons. The number of nitrogens with zero attached hydrogens (tertiary/aromatic N) is 2. The molecule has 0 amide bonds. The minimum absolute atomic E-state index is 0.238. The van der Waals surface area contributed by atoms with Gasteiger partial charge in [0, 0.05) is 5.70 Å². The Morgan fingerprint density at radius 2 is 2.13 bits per heavy atom. The molecule has 1 saturated carbocycles. The van der Waals surface area contributed by atoms with Crippen molar-refractivity contribution in [1.82, 2.24) is 4.98 Å². The summed E-state index contributed by atoms with van der Waals surface area (Å²) < 4.78 is 4.69. The topological polar surface area (TPSA) is 124 Å². The molecule has 0 atom stereocenters. The molecule has 0 radical (unpaired) electrons. The van der Waals surface area contributed by atoms with Crippen LogP contribution >= 0.6 is 0 Å². The zero-order valence-corrected chi connectivity index (χ0v) is 13.5. The smallest absolute Gasteiger partial charge is 0.308 e. The summed E-state index contributed by atoms with van der Waals surface area (Å²) in [5.41, 5.74) is 12.1. The molecule has 1 aliphatic carbocycles. The van der Waals surface area contributed by atoms with Gasteiger partial charge < -0.3 is 21.3 Å². The maximum Gasteiger partial charge on any atom is 0.308 e. The minimum Gasteiger partial charge on any atom is -0.469 e. The normalized spacial score (nSPS) is 25.0. The molecule has 5 N–H and O–H groups in total. The average Bonchev–Trinajstić information content (AvgIpc) is 2.41. The summed E-state index contributed by atoms with van der Waals surface area (Å²) in [5.74, 6) is 0.0209. The molecule has 0 aliphatic heterocycles. The number of hydrogen-bond acceptors (Lipinski definition) is 6. The highest BCUT2D eigenvalue weighted by molar-refractivity contribution is 5.93. The second-order valence-corrected chi connectivity index (χ2v) is 5.97. The molecule has 1 aromatic heterocycles. The summed E-state index contributed by atoms with van der Waals surface area (Å²) in [7, 11) is 1.34. The van der Waals surface area contributed by atoms with E-state index in [0.717, 1.165) is 5.56 Å². The predicted octanol–water partition coefficient (Wildman–Crippen LogP) is 1.01. The van der Waals surface area contributed by atoms with Crippen molar-refractivity contribution in [2.75, 3.05) is 7.11 Å². The standard InChI is InChI=1S/C16H22N4O3/c1-9-4-12(16(22)7-11(8-16)15(21)23-3)19-14(5-9)20-13(18)6-10(2)17/h4-6,11,22H,7-8,17H2,1-3H3,(H2,18,19,20)/b10-6-. The molecule has 0 bridgehead atoms. The fourth-order valence-corrected chi connectivity index (χ4v) is 2.64. The number of amidine groups is 1. The van der Waals surface area contributed by atoms with Crippen molar-refractivity contribution in [3.8, 4) is 0 Å². The molecule has 1 fully saturated rings. The van der Waals surface area contributed by atoms with Gasteiger partial charge in [-0.1, -0.05) is 0 Å². The minimum atomic E-state index is -1.14. The van der Waals surface area contributed by atoms with Gasteiger partial charge in [-0.3, -0.25) is 4.79 Å². The van der Waals surface area contributed by atoms with Crippen molar-refractivity contribution < 1.29 is 14.6 Å². The van der Waals surface area contributed by atoms with Crippen LogP contribution in [0, 0.1) is 12.8 Å². The maximum absolute atomic E-state index is 11.5. The molecule has 0 unspecified atom stereocenters. The van der Waals surface area contributed by atoms with E-state index in [4.69, 9.17) is 16.2 Å². The van der Waals surface area contributed by atoms with Gasteiger partial charge in [-0.2, -0.15) is 0 Å². The van der Waals surface area contributed by atoms with Crippen LogP contribution in [0.2, 0.25) is 0 Å². The first-order chi connectivity index (χ1) is 10.7. The van der Waals surface area contributed by atoms with Gasteiger partial charge in [-0.15, -0.1) is 0 Å². The van der Waals surface area contributed by atoms with Crippen LogP contribution in [0.15, 0.2) is 28.9 Å². The van der Waals surface area contributed by atoms with Crippen LogP contribution in [0.1, 0.15) is 31.0 Å². The Kier molecular flexibility index (Phi) is 4.70. The van der Waals surface area contributed by atoms with Crippen LogP contribution in [0.25, 0.3) is 0 Å². The summed E-state index contributed by atoms with van der Waals surface area (Å²) in [5, 5.41) is 10.6. The molecule has 0 spiro atoms. The van der Waals surface area contributed by atoms with Crippen LogP contribution in [-0.2, 0) is 15.1 Å². The average molecular weight is 318 g/mol. The summed E-state index contributed by atoms with van der Waals surface area (Å²) in [6, 6.07) is 3.54. The van der Waals surface area contributed by atoms with Gasteiger partial charge in [-0.05, 0) is 50.5 Å². The van der Waals surface area contributed by atoms with E-state index in [1.807, 2.05) is 6.92 Å². The van der Waals surface area contributed by atoms with Gasteiger partial charge in [0.05, 0.1) is 18.7 Å². The zero-order valence-electron chi connectivity index (χ0n) is 13.5.